The Morgan fingerprint density at radius 2 is 2.00 bits per heavy atom. The van der Waals surface area contributed by atoms with Crippen molar-refractivity contribution in [2.45, 2.75) is 51.6 Å². The molecule has 18 heavy (non-hydrogen) atoms. The van der Waals surface area contributed by atoms with Gasteiger partial charge in [-0.25, -0.2) is 0 Å². The first-order valence-electron chi connectivity index (χ1n) is 7.38. The molecule has 1 saturated carbocycles. The van der Waals surface area contributed by atoms with Crippen LogP contribution >= 0.6 is 0 Å². The number of carbonyl (C=O) groups is 1. The molecule has 1 aliphatic carbocycles. The van der Waals surface area contributed by atoms with E-state index >= 15 is 0 Å². The van der Waals surface area contributed by atoms with Gasteiger partial charge in [-0.05, 0) is 38.5 Å². The van der Waals surface area contributed by atoms with E-state index in [0.717, 1.165) is 38.4 Å². The summed E-state index contributed by atoms with van der Waals surface area (Å²) in [6, 6.07) is 0.927. The van der Waals surface area contributed by atoms with E-state index in [4.69, 9.17) is 0 Å². The first-order chi connectivity index (χ1) is 8.63. The largest absolute Gasteiger partial charge is 0.352 e. The minimum Gasteiger partial charge on any atom is -0.352 e. The molecule has 4 nitrogen and oxygen atoms in total. The van der Waals surface area contributed by atoms with Gasteiger partial charge in [0, 0.05) is 31.7 Å². The molecule has 0 spiro atoms. The number of nitrogens with one attached hydrogen (secondary N) is 2. The molecule has 2 N–H and O–H groups in total. The smallest absolute Gasteiger partial charge is 0.234 e. The number of carbonyl (C=O) groups excluding carboxylic acids is 1. The minimum atomic E-state index is 0.212. The average molecular weight is 253 g/mol. The van der Waals surface area contributed by atoms with Crippen LogP contribution < -0.4 is 10.6 Å². The molecule has 2 aliphatic rings. The predicted octanol–water partition coefficient (Wildman–Crippen LogP) is 0.975. The molecule has 2 rings (SSSR count). The van der Waals surface area contributed by atoms with E-state index in [1.165, 1.54) is 12.8 Å². The van der Waals surface area contributed by atoms with Crippen molar-refractivity contribution in [3.05, 3.63) is 0 Å². The zero-order chi connectivity index (χ0) is 13.0. The normalized spacial score (nSPS) is 34.2. The fourth-order valence-electron chi connectivity index (χ4n) is 3.04. The summed E-state index contributed by atoms with van der Waals surface area (Å²) < 4.78 is 0. The summed E-state index contributed by atoms with van der Waals surface area (Å²) in [4.78, 5) is 14.2. The molecule has 0 bridgehead atoms. The van der Waals surface area contributed by atoms with Gasteiger partial charge < -0.3 is 10.6 Å². The summed E-state index contributed by atoms with van der Waals surface area (Å²) in [5.41, 5.74) is 0. The molecule has 0 radical (unpaired) electrons. The summed E-state index contributed by atoms with van der Waals surface area (Å²) in [5, 5.41) is 6.60. The third kappa shape index (κ3) is 4.25. The molecular weight excluding hydrogens is 226 g/mol. The van der Waals surface area contributed by atoms with Gasteiger partial charge in [0.15, 0.2) is 0 Å². The van der Waals surface area contributed by atoms with Gasteiger partial charge >= 0.3 is 0 Å². The molecular formula is C14H27N3O. The number of piperazine rings is 1. The molecule has 0 aromatic carbocycles. The minimum absolute atomic E-state index is 0.212. The molecule has 0 aromatic heterocycles. The molecule has 1 saturated heterocycles. The van der Waals surface area contributed by atoms with Crippen LogP contribution in [0.25, 0.3) is 0 Å². The Morgan fingerprint density at radius 1 is 1.28 bits per heavy atom. The lowest BCUT2D eigenvalue weighted by Crippen LogP contribution is -2.52. The highest BCUT2D eigenvalue weighted by atomic mass is 16.2. The van der Waals surface area contributed by atoms with Gasteiger partial charge in [-0.2, -0.15) is 0 Å². The number of hydrogen-bond donors (Lipinski definition) is 2. The highest BCUT2D eigenvalue weighted by molar-refractivity contribution is 5.78. The molecule has 1 amide bonds. The number of hydrogen-bond acceptors (Lipinski definition) is 3. The van der Waals surface area contributed by atoms with E-state index in [9.17, 15) is 4.79 Å². The van der Waals surface area contributed by atoms with Crippen LogP contribution in [0.5, 0.6) is 0 Å². The van der Waals surface area contributed by atoms with Gasteiger partial charge in [-0.1, -0.05) is 6.92 Å². The van der Waals surface area contributed by atoms with Crippen LogP contribution in [0.1, 0.15) is 39.5 Å². The van der Waals surface area contributed by atoms with Crippen molar-refractivity contribution in [2.24, 2.45) is 5.92 Å². The second-order valence-corrected chi connectivity index (χ2v) is 6.11. The van der Waals surface area contributed by atoms with Crippen molar-refractivity contribution >= 4 is 5.91 Å². The lowest BCUT2D eigenvalue weighted by Gasteiger charge is -2.32. The number of rotatable bonds is 3. The monoisotopic (exact) mass is 253 g/mol. The van der Waals surface area contributed by atoms with Gasteiger partial charge in [0.1, 0.15) is 0 Å². The number of amides is 1. The van der Waals surface area contributed by atoms with Gasteiger partial charge in [0.2, 0.25) is 5.91 Å². The van der Waals surface area contributed by atoms with Gasteiger partial charge in [-0.3, -0.25) is 9.69 Å². The van der Waals surface area contributed by atoms with E-state index in [0.29, 0.717) is 18.6 Å². The third-order valence-electron chi connectivity index (χ3n) is 4.20. The quantitative estimate of drug-likeness (QED) is 0.788. The van der Waals surface area contributed by atoms with Gasteiger partial charge in [0.25, 0.3) is 0 Å². The lowest BCUT2D eigenvalue weighted by atomic mass is 9.87. The van der Waals surface area contributed by atoms with E-state index in [1.807, 2.05) is 0 Å². The van der Waals surface area contributed by atoms with Crippen LogP contribution in [0.15, 0.2) is 0 Å². The third-order valence-corrected chi connectivity index (χ3v) is 4.20. The van der Waals surface area contributed by atoms with Gasteiger partial charge in [0.05, 0.1) is 6.54 Å². The van der Waals surface area contributed by atoms with Crippen LogP contribution in [0.3, 0.4) is 0 Å². The van der Waals surface area contributed by atoms with Crippen LogP contribution in [-0.2, 0) is 4.79 Å². The Kier molecular flexibility index (Phi) is 5.01. The Bertz CT molecular complexity index is 274. The Morgan fingerprint density at radius 3 is 2.67 bits per heavy atom. The van der Waals surface area contributed by atoms with E-state index in [1.54, 1.807) is 0 Å². The highest BCUT2D eigenvalue weighted by Crippen LogP contribution is 2.23. The molecule has 0 unspecified atom stereocenters. The molecule has 1 heterocycles. The Labute approximate surface area is 110 Å². The summed E-state index contributed by atoms with van der Waals surface area (Å²) in [6.07, 6.45) is 4.83. The van der Waals surface area contributed by atoms with Crippen molar-refractivity contribution in [1.29, 1.82) is 0 Å². The van der Waals surface area contributed by atoms with Crippen molar-refractivity contribution < 1.29 is 4.79 Å². The zero-order valence-corrected chi connectivity index (χ0v) is 11.7. The van der Waals surface area contributed by atoms with Crippen LogP contribution in [0.4, 0.5) is 0 Å². The average Bonchev–Trinajstić information content (AvgIpc) is 2.32. The Hall–Kier alpha value is -0.610. The van der Waals surface area contributed by atoms with Crippen LogP contribution in [-0.4, -0.2) is 49.1 Å². The molecule has 1 aliphatic heterocycles. The van der Waals surface area contributed by atoms with E-state index in [2.05, 4.69) is 29.4 Å². The fraction of sp³-hybridized carbons (Fsp3) is 0.929. The second-order valence-electron chi connectivity index (χ2n) is 6.11. The molecule has 2 fully saturated rings. The summed E-state index contributed by atoms with van der Waals surface area (Å²) >= 11 is 0. The van der Waals surface area contributed by atoms with Crippen LogP contribution in [0.2, 0.25) is 0 Å². The van der Waals surface area contributed by atoms with E-state index < -0.39 is 0 Å². The highest BCUT2D eigenvalue weighted by Gasteiger charge is 2.22. The maximum absolute atomic E-state index is 12.0. The first kappa shape index (κ1) is 13.8. The lowest BCUT2D eigenvalue weighted by molar-refractivity contribution is -0.123. The molecule has 0 aromatic rings. The topological polar surface area (TPSA) is 44.4 Å². The van der Waals surface area contributed by atoms with Crippen molar-refractivity contribution in [3.8, 4) is 0 Å². The fourth-order valence-corrected chi connectivity index (χ4v) is 3.04. The maximum Gasteiger partial charge on any atom is 0.234 e. The zero-order valence-electron chi connectivity index (χ0n) is 11.7. The molecule has 104 valence electrons. The van der Waals surface area contributed by atoms with Crippen molar-refractivity contribution in [2.75, 3.05) is 26.2 Å². The van der Waals surface area contributed by atoms with Crippen LogP contribution in [0, 0.1) is 5.92 Å². The summed E-state index contributed by atoms with van der Waals surface area (Å²) in [6.45, 7) is 8.01. The van der Waals surface area contributed by atoms with Crippen molar-refractivity contribution in [1.82, 2.24) is 15.5 Å². The summed E-state index contributed by atoms with van der Waals surface area (Å²) in [7, 11) is 0. The number of nitrogens with zero attached hydrogens (tertiary/aromatic N) is 1. The molecule has 1 atom stereocenters. The van der Waals surface area contributed by atoms with Crippen molar-refractivity contribution in [3.63, 3.8) is 0 Å². The Balaban J connectivity index is 1.68. The molecule has 4 heteroatoms. The van der Waals surface area contributed by atoms with E-state index in [-0.39, 0.29) is 5.91 Å². The first-order valence-corrected chi connectivity index (χ1v) is 7.38. The predicted molar refractivity (Wildman–Crippen MR) is 73.5 cm³/mol. The standard InChI is InChI=1S/C14H27N3O/c1-11-3-5-13(6-4-11)16-14(18)10-17-8-7-15-12(2)9-17/h11-13,15H,3-10H2,1-2H3,(H,16,18)/t11?,12-,13?/m0/s1. The summed E-state index contributed by atoms with van der Waals surface area (Å²) in [5.74, 6) is 1.05. The second kappa shape index (κ2) is 6.53. The SMILES string of the molecule is CC1CCC(NC(=O)CN2CCN[C@@H](C)C2)CC1. The van der Waals surface area contributed by atoms with Gasteiger partial charge in [-0.15, -0.1) is 0 Å². The maximum atomic E-state index is 12.0.